The lowest BCUT2D eigenvalue weighted by Crippen LogP contribution is -1.95. The molecule has 1 heterocycles. The van der Waals surface area contributed by atoms with Crippen LogP contribution in [0, 0.1) is 12.7 Å². The minimum Gasteiger partial charge on any atom is -0.488 e. The lowest BCUT2D eigenvalue weighted by molar-refractivity contribution is 0.304. The first-order chi connectivity index (χ1) is 9.25. The number of hydrogen-bond acceptors (Lipinski definition) is 2. The van der Waals surface area contributed by atoms with Crippen LogP contribution in [0.25, 0.3) is 11.0 Å². The first-order valence-electron chi connectivity index (χ1n) is 6.09. The van der Waals surface area contributed by atoms with E-state index in [4.69, 9.17) is 9.15 Å². The van der Waals surface area contributed by atoms with E-state index in [2.05, 4.69) is 0 Å². The van der Waals surface area contributed by atoms with Crippen molar-refractivity contribution in [1.82, 2.24) is 0 Å². The van der Waals surface area contributed by atoms with Gasteiger partial charge >= 0.3 is 0 Å². The second kappa shape index (κ2) is 4.76. The largest absolute Gasteiger partial charge is 0.488 e. The van der Waals surface area contributed by atoms with Crippen LogP contribution in [0.2, 0.25) is 0 Å². The van der Waals surface area contributed by atoms with Crippen LogP contribution in [0.1, 0.15) is 11.1 Å². The van der Waals surface area contributed by atoms with Gasteiger partial charge in [0.2, 0.25) is 0 Å². The molecule has 0 bridgehead atoms. The number of furan rings is 1. The quantitative estimate of drug-likeness (QED) is 0.690. The fourth-order valence-corrected chi connectivity index (χ4v) is 2.06. The Kier molecular flexibility index (Phi) is 2.95. The molecule has 19 heavy (non-hydrogen) atoms. The second-order valence-electron chi connectivity index (χ2n) is 4.43. The molecule has 96 valence electrons. The monoisotopic (exact) mass is 256 g/mol. The summed E-state index contributed by atoms with van der Waals surface area (Å²) in [6.45, 7) is 2.35. The predicted octanol–water partition coefficient (Wildman–Crippen LogP) is 4.46. The topological polar surface area (TPSA) is 22.4 Å². The second-order valence-corrected chi connectivity index (χ2v) is 4.43. The van der Waals surface area contributed by atoms with Gasteiger partial charge in [-0.3, -0.25) is 0 Å². The van der Waals surface area contributed by atoms with Crippen LogP contribution in [0.15, 0.2) is 53.1 Å². The Labute approximate surface area is 110 Å². The van der Waals surface area contributed by atoms with Gasteiger partial charge in [0.15, 0.2) is 11.4 Å². The van der Waals surface area contributed by atoms with E-state index >= 15 is 0 Å². The summed E-state index contributed by atoms with van der Waals surface area (Å²) in [5.41, 5.74) is 2.20. The molecule has 3 rings (SSSR count). The van der Waals surface area contributed by atoms with E-state index in [9.17, 15) is 4.39 Å². The van der Waals surface area contributed by atoms with E-state index in [1.165, 1.54) is 6.07 Å². The summed E-state index contributed by atoms with van der Waals surface area (Å²) in [6.07, 6.45) is 1.55. The van der Waals surface area contributed by atoms with E-state index in [1.54, 1.807) is 12.3 Å². The first kappa shape index (κ1) is 11.8. The zero-order valence-electron chi connectivity index (χ0n) is 10.5. The van der Waals surface area contributed by atoms with Gasteiger partial charge in [0.1, 0.15) is 12.4 Å². The maximum Gasteiger partial charge on any atom is 0.169 e. The fourth-order valence-electron chi connectivity index (χ4n) is 2.06. The van der Waals surface area contributed by atoms with Crippen molar-refractivity contribution in [3.05, 3.63) is 65.7 Å². The number of hydrogen-bond donors (Lipinski definition) is 0. The van der Waals surface area contributed by atoms with Crippen LogP contribution in [0.3, 0.4) is 0 Å². The van der Waals surface area contributed by atoms with E-state index in [0.29, 0.717) is 6.61 Å². The van der Waals surface area contributed by atoms with Gasteiger partial charge in [-0.1, -0.05) is 30.3 Å². The Hall–Kier alpha value is -2.29. The maximum atomic E-state index is 13.5. The van der Waals surface area contributed by atoms with Crippen LogP contribution in [-0.4, -0.2) is 0 Å². The first-order valence-corrected chi connectivity index (χ1v) is 6.09. The highest BCUT2D eigenvalue weighted by Crippen LogP contribution is 2.25. The Morgan fingerprint density at radius 1 is 1.11 bits per heavy atom. The van der Waals surface area contributed by atoms with Crippen molar-refractivity contribution in [1.29, 1.82) is 0 Å². The molecule has 0 amide bonds. The summed E-state index contributed by atoms with van der Waals surface area (Å²) in [5, 5.41) is 0.758. The Morgan fingerprint density at radius 2 is 1.95 bits per heavy atom. The predicted molar refractivity (Wildman–Crippen MR) is 71.7 cm³/mol. The number of para-hydroxylation sites is 2. The van der Waals surface area contributed by atoms with E-state index < -0.39 is 0 Å². The number of benzene rings is 2. The van der Waals surface area contributed by atoms with E-state index in [0.717, 1.165) is 22.3 Å². The molecular weight excluding hydrogens is 243 g/mol. The lowest BCUT2D eigenvalue weighted by atomic mass is 10.2. The molecule has 0 aliphatic rings. The lowest BCUT2D eigenvalue weighted by Gasteiger charge is -2.07. The summed E-state index contributed by atoms with van der Waals surface area (Å²) in [4.78, 5) is 0. The molecule has 0 saturated heterocycles. The molecule has 0 fully saturated rings. The third-order valence-corrected chi connectivity index (χ3v) is 3.11. The molecule has 0 unspecified atom stereocenters. The Morgan fingerprint density at radius 3 is 2.79 bits per heavy atom. The van der Waals surface area contributed by atoms with Gasteiger partial charge in [-0.2, -0.15) is 0 Å². The summed E-state index contributed by atoms with van der Waals surface area (Å²) in [6, 6.07) is 12.7. The van der Waals surface area contributed by atoms with Gasteiger partial charge in [0.05, 0.1) is 6.26 Å². The fraction of sp³-hybridized carbons (Fsp3) is 0.125. The molecule has 1 aromatic heterocycles. The average molecular weight is 256 g/mol. The molecule has 0 atom stereocenters. The molecule has 0 aliphatic heterocycles. The number of fused-ring (bicyclic) bond motifs is 1. The van der Waals surface area contributed by atoms with Gasteiger partial charge in [-0.15, -0.1) is 0 Å². The van der Waals surface area contributed by atoms with Crippen LogP contribution in [-0.2, 0) is 6.61 Å². The van der Waals surface area contributed by atoms with Crippen molar-refractivity contribution in [2.24, 2.45) is 0 Å². The van der Waals surface area contributed by atoms with Crippen molar-refractivity contribution in [2.45, 2.75) is 13.5 Å². The molecule has 0 N–H and O–H groups in total. The molecule has 0 saturated carbocycles. The van der Waals surface area contributed by atoms with Crippen molar-refractivity contribution in [3.63, 3.8) is 0 Å². The average Bonchev–Trinajstić information content (AvgIpc) is 2.83. The molecular formula is C16H13FO2. The highest BCUT2D eigenvalue weighted by Gasteiger charge is 2.10. The van der Waals surface area contributed by atoms with Gasteiger partial charge < -0.3 is 9.15 Å². The maximum absolute atomic E-state index is 13.5. The SMILES string of the molecule is Cc1ccccc1OCc1coc2c(F)cccc12. The van der Waals surface area contributed by atoms with Crippen LogP contribution in [0.5, 0.6) is 5.75 Å². The molecule has 0 radical (unpaired) electrons. The smallest absolute Gasteiger partial charge is 0.169 e. The van der Waals surface area contributed by atoms with Gasteiger partial charge in [-0.05, 0) is 24.6 Å². The standard InChI is InChI=1S/C16H13FO2/c1-11-5-2-3-8-15(11)18-9-12-10-19-16-13(12)6-4-7-14(16)17/h2-8,10H,9H2,1H3. The molecule has 2 aromatic carbocycles. The summed E-state index contributed by atoms with van der Waals surface area (Å²) in [7, 11) is 0. The minimum absolute atomic E-state index is 0.283. The van der Waals surface area contributed by atoms with Crippen molar-refractivity contribution in [3.8, 4) is 5.75 Å². The third kappa shape index (κ3) is 2.19. The summed E-state index contributed by atoms with van der Waals surface area (Å²) < 4.78 is 24.5. The van der Waals surface area contributed by atoms with Gasteiger partial charge in [0.25, 0.3) is 0 Å². The number of halogens is 1. The zero-order valence-corrected chi connectivity index (χ0v) is 10.5. The molecule has 3 heteroatoms. The number of rotatable bonds is 3. The van der Waals surface area contributed by atoms with Gasteiger partial charge in [-0.25, -0.2) is 4.39 Å². The van der Waals surface area contributed by atoms with Gasteiger partial charge in [0, 0.05) is 10.9 Å². The molecule has 3 aromatic rings. The summed E-state index contributed by atoms with van der Waals surface area (Å²) in [5.74, 6) is 0.480. The zero-order chi connectivity index (χ0) is 13.2. The molecule has 0 aliphatic carbocycles. The third-order valence-electron chi connectivity index (χ3n) is 3.11. The Bertz CT molecular complexity index is 716. The normalized spacial score (nSPS) is 10.8. The molecule has 2 nitrogen and oxygen atoms in total. The highest BCUT2D eigenvalue weighted by molar-refractivity contribution is 5.81. The van der Waals surface area contributed by atoms with E-state index in [1.807, 2.05) is 37.3 Å². The van der Waals surface area contributed by atoms with E-state index in [-0.39, 0.29) is 11.4 Å². The summed E-state index contributed by atoms with van der Waals surface area (Å²) >= 11 is 0. The van der Waals surface area contributed by atoms with Crippen LogP contribution in [0.4, 0.5) is 4.39 Å². The van der Waals surface area contributed by atoms with Crippen molar-refractivity contribution < 1.29 is 13.5 Å². The van der Waals surface area contributed by atoms with Crippen molar-refractivity contribution >= 4 is 11.0 Å². The van der Waals surface area contributed by atoms with Crippen LogP contribution < -0.4 is 4.74 Å². The number of ether oxygens (including phenoxy) is 1. The molecule has 0 spiro atoms. The van der Waals surface area contributed by atoms with Crippen molar-refractivity contribution in [2.75, 3.05) is 0 Å². The highest BCUT2D eigenvalue weighted by atomic mass is 19.1. The van der Waals surface area contributed by atoms with Crippen LogP contribution >= 0.6 is 0 Å². The Balaban J connectivity index is 1.87. The minimum atomic E-state index is -0.348. The number of aryl methyl sites for hydroxylation is 1.